The van der Waals surface area contributed by atoms with E-state index in [2.05, 4.69) is 18.8 Å². The van der Waals surface area contributed by atoms with Crippen LogP contribution in [0.5, 0.6) is 0 Å². The number of aromatic nitrogens is 1. The number of aromatic amines is 1. The lowest BCUT2D eigenvalue weighted by molar-refractivity contribution is -0.0572. The zero-order valence-electron chi connectivity index (χ0n) is 15.9. The van der Waals surface area contributed by atoms with E-state index in [1.165, 1.54) is 0 Å². The highest BCUT2D eigenvalue weighted by molar-refractivity contribution is 6.20. The normalized spacial score (nSPS) is 24.9. The Morgan fingerprint density at radius 2 is 2.00 bits per heavy atom. The van der Waals surface area contributed by atoms with Gasteiger partial charge in [-0.3, -0.25) is 4.79 Å². The molecule has 0 aliphatic heterocycles. The van der Waals surface area contributed by atoms with Gasteiger partial charge < -0.3 is 19.9 Å². The van der Waals surface area contributed by atoms with E-state index in [0.29, 0.717) is 6.42 Å². The molecule has 1 aromatic carbocycles. The molecule has 0 fully saturated rings. The Bertz CT molecular complexity index is 981. The lowest BCUT2D eigenvalue weighted by Gasteiger charge is -2.41. The summed E-state index contributed by atoms with van der Waals surface area (Å²) >= 11 is 0. The van der Waals surface area contributed by atoms with E-state index in [0.717, 1.165) is 33.3 Å². The van der Waals surface area contributed by atoms with Crippen molar-refractivity contribution in [2.45, 2.75) is 44.3 Å². The number of carbonyl (C=O) groups excluding carboxylic acids is 1. The van der Waals surface area contributed by atoms with Crippen LogP contribution in [-0.2, 0) is 10.2 Å². The van der Waals surface area contributed by atoms with Crippen LogP contribution in [-0.4, -0.2) is 45.9 Å². The van der Waals surface area contributed by atoms with Crippen molar-refractivity contribution in [1.29, 1.82) is 0 Å². The Kier molecular flexibility index (Phi) is 4.14. The van der Waals surface area contributed by atoms with Crippen LogP contribution in [0.2, 0.25) is 0 Å². The van der Waals surface area contributed by atoms with E-state index >= 15 is 0 Å². The molecule has 4 rings (SSSR count). The van der Waals surface area contributed by atoms with Gasteiger partial charge in [-0.25, -0.2) is 0 Å². The van der Waals surface area contributed by atoms with Gasteiger partial charge in [0.2, 0.25) is 0 Å². The number of H-pyrrole nitrogens is 1. The highest BCUT2D eigenvalue weighted by Crippen LogP contribution is 2.48. The third-order valence-electron chi connectivity index (χ3n) is 5.83. The number of para-hydroxylation sites is 1. The van der Waals surface area contributed by atoms with Gasteiger partial charge in [-0.2, -0.15) is 0 Å². The topological polar surface area (TPSA) is 82.5 Å². The Labute approximate surface area is 158 Å². The zero-order chi connectivity index (χ0) is 19.4. The first kappa shape index (κ1) is 18.2. The van der Waals surface area contributed by atoms with Gasteiger partial charge in [-0.1, -0.05) is 44.2 Å². The van der Waals surface area contributed by atoms with Crippen molar-refractivity contribution < 1.29 is 19.7 Å². The maximum atomic E-state index is 13.3. The van der Waals surface area contributed by atoms with Crippen molar-refractivity contribution >= 4 is 16.7 Å². The summed E-state index contributed by atoms with van der Waals surface area (Å²) in [6.07, 6.45) is 3.40. The van der Waals surface area contributed by atoms with Crippen molar-refractivity contribution in [1.82, 2.24) is 4.98 Å². The van der Waals surface area contributed by atoms with Crippen molar-refractivity contribution in [3.05, 3.63) is 58.8 Å². The molecule has 5 nitrogen and oxygen atoms in total. The lowest BCUT2D eigenvalue weighted by Crippen LogP contribution is -2.40. The Morgan fingerprint density at radius 1 is 1.26 bits per heavy atom. The van der Waals surface area contributed by atoms with Crippen molar-refractivity contribution in [2.75, 3.05) is 13.2 Å². The molecule has 1 unspecified atom stereocenters. The molecule has 2 aliphatic carbocycles. The SMILES string of the molecule is CC1(OC[C@H](O)CO)C=CC2=C(C1)C(C)(C)c1[nH]c3ccccc3c1C2=O. The summed E-state index contributed by atoms with van der Waals surface area (Å²) in [5, 5.41) is 19.6. The number of carbonyl (C=O) groups is 1. The number of hydrogen-bond acceptors (Lipinski definition) is 4. The van der Waals surface area contributed by atoms with Gasteiger partial charge in [0.05, 0.1) is 24.4 Å². The van der Waals surface area contributed by atoms with Crippen molar-refractivity contribution in [2.24, 2.45) is 0 Å². The highest BCUT2D eigenvalue weighted by Gasteiger charge is 2.44. The number of fused-ring (bicyclic) bond motifs is 3. The quantitative estimate of drug-likeness (QED) is 0.776. The molecule has 0 saturated carbocycles. The van der Waals surface area contributed by atoms with Crippen LogP contribution in [0, 0.1) is 0 Å². The molecule has 1 heterocycles. The molecule has 0 amide bonds. The number of aliphatic hydroxyl groups is 2. The van der Waals surface area contributed by atoms with Crippen LogP contribution in [0.1, 0.15) is 43.2 Å². The molecular weight excluding hydrogens is 342 g/mol. The summed E-state index contributed by atoms with van der Waals surface area (Å²) in [6, 6.07) is 7.90. The zero-order valence-corrected chi connectivity index (χ0v) is 15.9. The summed E-state index contributed by atoms with van der Waals surface area (Å²) in [5.74, 6) is 0.0467. The van der Waals surface area contributed by atoms with E-state index in [9.17, 15) is 9.90 Å². The number of benzene rings is 1. The number of hydrogen-bond donors (Lipinski definition) is 3. The number of Topliss-reactive ketones (excluding diaryl/α,β-unsaturated/α-hetero) is 1. The number of aliphatic hydroxyl groups excluding tert-OH is 2. The van der Waals surface area contributed by atoms with Gasteiger partial charge in [-0.15, -0.1) is 0 Å². The smallest absolute Gasteiger partial charge is 0.195 e. The van der Waals surface area contributed by atoms with E-state index in [1.807, 2.05) is 43.3 Å². The van der Waals surface area contributed by atoms with Gasteiger partial charge in [0, 0.05) is 34.0 Å². The van der Waals surface area contributed by atoms with Crippen molar-refractivity contribution in [3.63, 3.8) is 0 Å². The fourth-order valence-corrected chi connectivity index (χ4v) is 4.21. The molecule has 142 valence electrons. The molecule has 0 radical (unpaired) electrons. The lowest BCUT2D eigenvalue weighted by atomic mass is 9.66. The molecule has 2 aliphatic rings. The molecule has 2 aromatic rings. The molecule has 1 aromatic heterocycles. The second-order valence-corrected chi connectivity index (χ2v) is 8.24. The van der Waals surface area contributed by atoms with E-state index in [-0.39, 0.29) is 24.4 Å². The maximum Gasteiger partial charge on any atom is 0.195 e. The summed E-state index contributed by atoms with van der Waals surface area (Å²) in [6.45, 7) is 5.91. The summed E-state index contributed by atoms with van der Waals surface area (Å²) in [7, 11) is 0. The minimum absolute atomic E-state index is 0.0467. The van der Waals surface area contributed by atoms with Gasteiger partial charge in [0.15, 0.2) is 5.78 Å². The third kappa shape index (κ3) is 2.78. The maximum absolute atomic E-state index is 13.3. The van der Waals surface area contributed by atoms with Gasteiger partial charge >= 0.3 is 0 Å². The fraction of sp³-hybridized carbons (Fsp3) is 0.409. The summed E-state index contributed by atoms with van der Waals surface area (Å²) in [5.41, 5.74) is 3.48. The highest BCUT2D eigenvalue weighted by atomic mass is 16.5. The summed E-state index contributed by atoms with van der Waals surface area (Å²) < 4.78 is 5.90. The molecule has 27 heavy (non-hydrogen) atoms. The van der Waals surface area contributed by atoms with Gasteiger partial charge in [0.1, 0.15) is 6.10 Å². The van der Waals surface area contributed by atoms with E-state index < -0.39 is 11.7 Å². The van der Waals surface area contributed by atoms with Gasteiger partial charge in [0.25, 0.3) is 0 Å². The molecule has 3 N–H and O–H groups in total. The van der Waals surface area contributed by atoms with Gasteiger partial charge in [-0.05, 0) is 18.6 Å². The molecule has 2 atom stereocenters. The molecular formula is C22H25NO4. The van der Waals surface area contributed by atoms with Crippen LogP contribution in [0.15, 0.2) is 47.6 Å². The van der Waals surface area contributed by atoms with Crippen LogP contribution in [0.3, 0.4) is 0 Å². The molecule has 5 heteroatoms. The predicted molar refractivity (Wildman–Crippen MR) is 104 cm³/mol. The van der Waals surface area contributed by atoms with Crippen molar-refractivity contribution in [3.8, 4) is 0 Å². The van der Waals surface area contributed by atoms with Crippen LogP contribution >= 0.6 is 0 Å². The molecule has 0 bridgehead atoms. The second kappa shape index (κ2) is 6.16. The van der Waals surface area contributed by atoms with E-state index in [1.54, 1.807) is 0 Å². The first-order valence-corrected chi connectivity index (χ1v) is 9.28. The Balaban J connectivity index is 1.75. The Morgan fingerprint density at radius 3 is 2.74 bits per heavy atom. The molecule has 0 saturated heterocycles. The monoisotopic (exact) mass is 367 g/mol. The average molecular weight is 367 g/mol. The largest absolute Gasteiger partial charge is 0.394 e. The predicted octanol–water partition coefficient (Wildman–Crippen LogP) is 3.03. The van der Waals surface area contributed by atoms with Crippen LogP contribution in [0.25, 0.3) is 10.9 Å². The number of ketones is 1. The number of allylic oxidation sites excluding steroid dienone is 2. The first-order chi connectivity index (χ1) is 12.8. The number of nitrogens with one attached hydrogen (secondary N) is 1. The first-order valence-electron chi connectivity index (χ1n) is 9.28. The Hall–Kier alpha value is -2.21. The number of ether oxygens (including phenoxy) is 1. The fourth-order valence-electron chi connectivity index (χ4n) is 4.21. The van der Waals surface area contributed by atoms with Crippen LogP contribution < -0.4 is 0 Å². The summed E-state index contributed by atoms with van der Waals surface area (Å²) in [4.78, 5) is 16.8. The minimum atomic E-state index is -0.910. The molecule has 0 spiro atoms. The second-order valence-electron chi connectivity index (χ2n) is 8.24. The average Bonchev–Trinajstić information content (AvgIpc) is 3.05. The standard InChI is InChI=1S/C22H25NO4/c1-21(2)16-10-22(3,27-12-13(25)11-24)9-8-14(16)19(26)18-15-6-4-5-7-17(15)23-20(18)21/h4-9,13,23-25H,10-12H2,1-3H3/t13-,22?/m1/s1. The van der Waals surface area contributed by atoms with Crippen LogP contribution in [0.4, 0.5) is 0 Å². The van der Waals surface area contributed by atoms with E-state index in [4.69, 9.17) is 9.84 Å². The third-order valence-corrected chi connectivity index (χ3v) is 5.83. The number of rotatable bonds is 4. The minimum Gasteiger partial charge on any atom is -0.394 e.